The van der Waals surface area contributed by atoms with Crippen molar-refractivity contribution in [3.63, 3.8) is 0 Å². The molecule has 0 unspecified atom stereocenters. The number of halogens is 3. The van der Waals surface area contributed by atoms with Crippen molar-refractivity contribution < 1.29 is 27.4 Å². The number of fused-ring (bicyclic) bond motifs is 7. The summed E-state index contributed by atoms with van der Waals surface area (Å²) < 4.78 is 51.8. The smallest absolute Gasteiger partial charge is 0.389 e. The second-order valence-corrected chi connectivity index (χ2v) is 8.87. The zero-order valence-electron chi connectivity index (χ0n) is 21.0. The summed E-state index contributed by atoms with van der Waals surface area (Å²) in [5, 5.41) is 7.36. The first-order valence-electron chi connectivity index (χ1n) is 12.2. The molecule has 4 rings (SSSR count). The van der Waals surface area contributed by atoms with E-state index in [1.807, 2.05) is 13.8 Å². The van der Waals surface area contributed by atoms with Crippen LogP contribution in [0, 0.1) is 0 Å². The highest BCUT2D eigenvalue weighted by Crippen LogP contribution is 2.32. The molecule has 1 aliphatic heterocycles. The third kappa shape index (κ3) is 6.20. The number of hydrogen-bond acceptors (Lipinski definition) is 7. The van der Waals surface area contributed by atoms with Crippen LogP contribution in [-0.2, 0) is 0 Å². The van der Waals surface area contributed by atoms with Crippen LogP contribution in [0.15, 0.2) is 24.7 Å². The minimum atomic E-state index is -4.30. The van der Waals surface area contributed by atoms with Crippen LogP contribution in [0.25, 0.3) is 17.0 Å². The summed E-state index contributed by atoms with van der Waals surface area (Å²) in [6, 6.07) is 0.297. The maximum Gasteiger partial charge on any atom is 0.389 e. The molecule has 0 saturated carbocycles. The molecule has 0 radical (unpaired) electrons. The summed E-state index contributed by atoms with van der Waals surface area (Å²) in [5.41, 5.74) is 1.62. The van der Waals surface area contributed by atoms with Gasteiger partial charge in [0.15, 0.2) is 5.82 Å². The number of rotatable bonds is 4. The van der Waals surface area contributed by atoms with Crippen molar-refractivity contribution in [3.05, 3.63) is 30.2 Å². The third-order valence-corrected chi connectivity index (χ3v) is 6.37. The van der Waals surface area contributed by atoms with Crippen molar-refractivity contribution >= 4 is 11.7 Å². The van der Waals surface area contributed by atoms with Crippen molar-refractivity contribution in [2.75, 3.05) is 20.3 Å². The Morgan fingerprint density at radius 1 is 1.27 bits per heavy atom. The fourth-order valence-corrected chi connectivity index (χ4v) is 4.35. The summed E-state index contributed by atoms with van der Waals surface area (Å²) in [7, 11) is 1.49. The summed E-state index contributed by atoms with van der Waals surface area (Å²) in [5.74, 6) is 0.882. The molecule has 0 spiro atoms. The van der Waals surface area contributed by atoms with Crippen molar-refractivity contribution in [1.29, 1.82) is 0 Å². The molecular weight excluding hydrogens is 491 g/mol. The summed E-state index contributed by atoms with van der Waals surface area (Å²) in [6.45, 7) is 4.26. The molecule has 2 amide bonds. The number of urea groups is 1. The number of pyridine rings is 1. The standard InChI is InChI=1S/C24H30F3N7O3/c1-4-33-15(2)16-13-18(21(36-3)29-14-16)19-31-22(20-28-10-11-34(20)32-19)37-12-6-5-7-17(30-23(33)35)8-9-24(25,26)27/h10-11,13-15,17H,4-9,12H2,1-3H3,(H,30,35)/t15-,17-/m1/s1. The summed E-state index contributed by atoms with van der Waals surface area (Å²) in [6.07, 6.45) is 0.892. The zero-order chi connectivity index (χ0) is 26.6. The van der Waals surface area contributed by atoms with Crippen LogP contribution < -0.4 is 14.8 Å². The van der Waals surface area contributed by atoms with Gasteiger partial charge in [0, 0.05) is 37.6 Å². The van der Waals surface area contributed by atoms with Gasteiger partial charge in [-0.1, -0.05) is 0 Å². The van der Waals surface area contributed by atoms with Gasteiger partial charge in [-0.3, -0.25) is 0 Å². The van der Waals surface area contributed by atoms with E-state index in [2.05, 4.69) is 25.4 Å². The molecule has 10 nitrogen and oxygen atoms in total. The Labute approximate surface area is 212 Å². The Kier molecular flexibility index (Phi) is 7.98. The van der Waals surface area contributed by atoms with Crippen molar-refractivity contribution in [2.24, 2.45) is 0 Å². The molecule has 3 aromatic heterocycles. The molecule has 2 atom stereocenters. The minimum absolute atomic E-state index is 0.194. The lowest BCUT2D eigenvalue weighted by atomic mass is 10.0. The van der Waals surface area contributed by atoms with Crippen LogP contribution in [-0.4, -0.2) is 68.0 Å². The topological polar surface area (TPSA) is 107 Å². The van der Waals surface area contributed by atoms with E-state index >= 15 is 0 Å². The number of methoxy groups -OCH3 is 1. The number of nitrogens with zero attached hydrogens (tertiary/aromatic N) is 6. The lowest BCUT2D eigenvalue weighted by Gasteiger charge is -2.31. The monoisotopic (exact) mass is 521 g/mol. The average Bonchev–Trinajstić information content (AvgIpc) is 3.34. The number of carbonyl (C=O) groups excluding carboxylic acids is 1. The van der Waals surface area contributed by atoms with Gasteiger partial charge in [0.25, 0.3) is 5.88 Å². The van der Waals surface area contributed by atoms with E-state index in [0.717, 1.165) is 0 Å². The Bertz CT molecular complexity index is 1230. The molecular formula is C24H30F3N7O3. The number of amides is 2. The molecule has 3 aromatic rings. The molecule has 1 aliphatic rings. The van der Waals surface area contributed by atoms with Crippen molar-refractivity contribution in [3.8, 4) is 23.1 Å². The first kappa shape index (κ1) is 26.4. The molecule has 0 saturated heterocycles. The molecule has 4 heterocycles. The zero-order valence-corrected chi connectivity index (χ0v) is 21.0. The highest BCUT2D eigenvalue weighted by molar-refractivity contribution is 5.75. The van der Waals surface area contributed by atoms with Gasteiger partial charge >= 0.3 is 12.2 Å². The first-order chi connectivity index (χ1) is 17.7. The van der Waals surface area contributed by atoms with Crippen LogP contribution in [0.1, 0.15) is 57.6 Å². The number of imidazole rings is 1. The van der Waals surface area contributed by atoms with Gasteiger partial charge in [0.1, 0.15) is 0 Å². The van der Waals surface area contributed by atoms with E-state index < -0.39 is 30.7 Å². The highest BCUT2D eigenvalue weighted by atomic mass is 19.4. The van der Waals surface area contributed by atoms with Crippen molar-refractivity contribution in [1.82, 2.24) is 34.8 Å². The second-order valence-electron chi connectivity index (χ2n) is 8.87. The van der Waals surface area contributed by atoms with Gasteiger partial charge in [0.2, 0.25) is 11.5 Å². The number of carbonyl (C=O) groups is 1. The fourth-order valence-electron chi connectivity index (χ4n) is 4.35. The quantitative estimate of drug-likeness (QED) is 0.536. The van der Waals surface area contributed by atoms with Gasteiger partial charge in [-0.2, -0.15) is 18.2 Å². The van der Waals surface area contributed by atoms with E-state index in [0.29, 0.717) is 54.3 Å². The Balaban J connectivity index is 1.74. The summed E-state index contributed by atoms with van der Waals surface area (Å²) in [4.78, 5) is 28.0. The van der Waals surface area contributed by atoms with Gasteiger partial charge in [-0.15, -0.1) is 5.10 Å². The molecule has 37 heavy (non-hydrogen) atoms. The number of nitrogens with one attached hydrogen (secondary N) is 1. The molecule has 0 aromatic carbocycles. The van der Waals surface area contributed by atoms with Crippen LogP contribution in [0.4, 0.5) is 18.0 Å². The molecule has 200 valence electrons. The van der Waals surface area contributed by atoms with Gasteiger partial charge < -0.3 is 19.7 Å². The van der Waals surface area contributed by atoms with Gasteiger partial charge in [0.05, 0.1) is 25.3 Å². The van der Waals surface area contributed by atoms with E-state index in [4.69, 9.17) is 9.47 Å². The lowest BCUT2D eigenvalue weighted by Crippen LogP contribution is -2.46. The highest BCUT2D eigenvalue weighted by Gasteiger charge is 2.30. The Hall–Kier alpha value is -3.64. The molecule has 4 bridgehead atoms. The van der Waals surface area contributed by atoms with E-state index in [-0.39, 0.29) is 18.9 Å². The van der Waals surface area contributed by atoms with Crippen LogP contribution in [0.3, 0.4) is 0 Å². The predicted molar refractivity (Wildman–Crippen MR) is 128 cm³/mol. The fraction of sp³-hybridized carbons (Fsp3) is 0.542. The maximum atomic E-state index is 13.2. The average molecular weight is 522 g/mol. The second kappa shape index (κ2) is 11.2. The molecule has 0 aliphatic carbocycles. The number of alkyl halides is 3. The van der Waals surface area contributed by atoms with E-state index in [9.17, 15) is 18.0 Å². The minimum Gasteiger partial charge on any atom is -0.480 e. The molecule has 0 fully saturated rings. The van der Waals surface area contributed by atoms with Crippen LogP contribution in [0.2, 0.25) is 0 Å². The normalized spacial score (nSPS) is 19.4. The van der Waals surface area contributed by atoms with Crippen LogP contribution in [0.5, 0.6) is 11.8 Å². The first-order valence-corrected chi connectivity index (χ1v) is 12.2. The van der Waals surface area contributed by atoms with Gasteiger partial charge in [-0.05, 0) is 51.2 Å². The SMILES string of the molecule is CCN1C(=O)N[C@@H](CCC(F)(F)F)CCCCOc2nc(nn3ccnc23)-c2cc(cnc2OC)[C@H]1C. The van der Waals surface area contributed by atoms with E-state index in [1.165, 1.54) is 7.11 Å². The van der Waals surface area contributed by atoms with Crippen molar-refractivity contribution in [2.45, 2.75) is 64.2 Å². The lowest BCUT2D eigenvalue weighted by molar-refractivity contribution is -0.136. The van der Waals surface area contributed by atoms with Gasteiger partial charge in [-0.25, -0.2) is 19.3 Å². The summed E-state index contributed by atoms with van der Waals surface area (Å²) >= 11 is 0. The largest absolute Gasteiger partial charge is 0.480 e. The van der Waals surface area contributed by atoms with E-state index in [1.54, 1.807) is 34.1 Å². The number of hydrogen-bond donors (Lipinski definition) is 1. The molecule has 1 N–H and O–H groups in total. The number of ether oxygens (including phenoxy) is 2. The number of aromatic nitrogens is 5. The van der Waals surface area contributed by atoms with Crippen LogP contribution >= 0.6 is 0 Å². The Morgan fingerprint density at radius 2 is 2.08 bits per heavy atom. The Morgan fingerprint density at radius 3 is 2.81 bits per heavy atom. The third-order valence-electron chi connectivity index (χ3n) is 6.37. The predicted octanol–water partition coefficient (Wildman–Crippen LogP) is 4.56. The maximum absolute atomic E-state index is 13.2. The molecule has 13 heteroatoms.